The molecule has 4 aromatic rings. The Balaban J connectivity index is 1.82. The van der Waals surface area contributed by atoms with Gasteiger partial charge in [-0.3, -0.25) is 0 Å². The monoisotopic (exact) mass is 430 g/mol. The molecule has 0 aliphatic rings. The zero-order chi connectivity index (χ0) is 22.7. The quantitative estimate of drug-likeness (QED) is 0.436. The van der Waals surface area contributed by atoms with Crippen LogP contribution < -0.4 is 24.4 Å². The Bertz CT molecular complexity index is 1210. The van der Waals surface area contributed by atoms with Crippen LogP contribution in [0.25, 0.3) is 22.3 Å². The van der Waals surface area contributed by atoms with Gasteiger partial charge in [-0.25, -0.2) is 9.97 Å². The molecule has 0 unspecified atom stereocenters. The molecule has 7 nitrogen and oxygen atoms in total. The summed E-state index contributed by atoms with van der Waals surface area (Å²) in [6, 6.07) is 19.8. The molecular formula is C25H26N4O3. The van der Waals surface area contributed by atoms with Crippen molar-refractivity contribution in [1.29, 1.82) is 0 Å². The van der Waals surface area contributed by atoms with E-state index in [1.54, 1.807) is 21.3 Å². The summed E-state index contributed by atoms with van der Waals surface area (Å²) in [5.41, 5.74) is 3.66. The smallest absolute Gasteiger partial charge is 0.203 e. The summed E-state index contributed by atoms with van der Waals surface area (Å²) in [5, 5.41) is 4.38. The maximum Gasteiger partial charge on any atom is 0.203 e. The third-order valence-corrected chi connectivity index (χ3v) is 5.17. The lowest BCUT2D eigenvalue weighted by atomic mass is 10.1. The molecule has 0 saturated heterocycles. The summed E-state index contributed by atoms with van der Waals surface area (Å²) in [6.07, 6.45) is 0. The van der Waals surface area contributed by atoms with E-state index >= 15 is 0 Å². The summed E-state index contributed by atoms with van der Waals surface area (Å²) < 4.78 is 16.5. The number of nitrogens with one attached hydrogen (secondary N) is 1. The maximum atomic E-state index is 5.50. The Morgan fingerprint density at radius 3 is 2.03 bits per heavy atom. The van der Waals surface area contributed by atoms with Gasteiger partial charge in [0.05, 0.1) is 26.8 Å². The maximum absolute atomic E-state index is 5.50. The SMILES string of the molecule is COc1cc(-c2nc(Nc3ccc(N(C)C)cc3)c3ccccc3n2)cc(OC)c1OC. The van der Waals surface area contributed by atoms with Crippen LogP contribution >= 0.6 is 0 Å². The molecule has 3 aromatic carbocycles. The summed E-state index contributed by atoms with van der Waals surface area (Å²) >= 11 is 0. The van der Waals surface area contributed by atoms with Crippen molar-refractivity contribution in [1.82, 2.24) is 9.97 Å². The number of benzene rings is 3. The van der Waals surface area contributed by atoms with Gasteiger partial charge in [0.25, 0.3) is 0 Å². The van der Waals surface area contributed by atoms with Crippen molar-refractivity contribution in [3.63, 3.8) is 0 Å². The molecule has 0 spiro atoms. The predicted molar refractivity (Wildman–Crippen MR) is 129 cm³/mol. The van der Waals surface area contributed by atoms with Crippen LogP contribution in [0, 0.1) is 0 Å². The van der Waals surface area contributed by atoms with Crippen LogP contribution in [0.3, 0.4) is 0 Å². The number of fused-ring (bicyclic) bond motifs is 1. The summed E-state index contributed by atoms with van der Waals surface area (Å²) in [4.78, 5) is 11.7. The van der Waals surface area contributed by atoms with Crippen LogP contribution in [-0.2, 0) is 0 Å². The minimum absolute atomic E-state index is 0.527. The number of anilines is 3. The number of nitrogens with zero attached hydrogens (tertiary/aromatic N) is 3. The van der Waals surface area contributed by atoms with Crippen LogP contribution in [0.5, 0.6) is 17.2 Å². The van der Waals surface area contributed by atoms with E-state index < -0.39 is 0 Å². The fourth-order valence-electron chi connectivity index (χ4n) is 3.49. The van der Waals surface area contributed by atoms with Crippen molar-refractivity contribution >= 4 is 28.1 Å². The van der Waals surface area contributed by atoms with Crippen LogP contribution in [0.4, 0.5) is 17.2 Å². The van der Waals surface area contributed by atoms with E-state index in [9.17, 15) is 0 Å². The first-order valence-corrected chi connectivity index (χ1v) is 10.2. The van der Waals surface area contributed by atoms with Crippen LogP contribution in [0.15, 0.2) is 60.7 Å². The highest BCUT2D eigenvalue weighted by molar-refractivity contribution is 5.92. The predicted octanol–water partition coefficient (Wildman–Crippen LogP) is 5.13. The molecule has 1 heterocycles. The molecule has 4 rings (SSSR count). The molecule has 32 heavy (non-hydrogen) atoms. The van der Waals surface area contributed by atoms with Crippen molar-refractivity contribution in [2.24, 2.45) is 0 Å². The number of hydrogen-bond donors (Lipinski definition) is 1. The molecule has 1 N–H and O–H groups in total. The molecule has 0 atom stereocenters. The lowest BCUT2D eigenvalue weighted by Crippen LogP contribution is -2.08. The minimum atomic E-state index is 0.527. The van der Waals surface area contributed by atoms with Crippen molar-refractivity contribution < 1.29 is 14.2 Å². The van der Waals surface area contributed by atoms with Crippen molar-refractivity contribution in [2.45, 2.75) is 0 Å². The average Bonchev–Trinajstić information content (AvgIpc) is 2.83. The molecular weight excluding hydrogens is 404 g/mol. The molecule has 7 heteroatoms. The highest BCUT2D eigenvalue weighted by Gasteiger charge is 2.17. The number of ether oxygens (including phenoxy) is 3. The Kier molecular flexibility index (Phi) is 5.98. The zero-order valence-electron chi connectivity index (χ0n) is 18.8. The topological polar surface area (TPSA) is 68.7 Å². The first-order chi connectivity index (χ1) is 15.5. The first-order valence-electron chi connectivity index (χ1n) is 10.2. The second-order valence-electron chi connectivity index (χ2n) is 7.39. The van der Waals surface area contributed by atoms with Gasteiger partial charge in [0, 0.05) is 36.4 Å². The van der Waals surface area contributed by atoms with E-state index in [1.807, 2.05) is 62.6 Å². The highest BCUT2D eigenvalue weighted by Crippen LogP contribution is 2.41. The lowest BCUT2D eigenvalue weighted by molar-refractivity contribution is 0.324. The van der Waals surface area contributed by atoms with Gasteiger partial charge in [0.1, 0.15) is 5.82 Å². The largest absolute Gasteiger partial charge is 0.493 e. The van der Waals surface area contributed by atoms with Gasteiger partial charge in [0.2, 0.25) is 5.75 Å². The van der Waals surface area contributed by atoms with E-state index in [1.165, 1.54) is 0 Å². The normalized spacial score (nSPS) is 10.7. The third kappa shape index (κ3) is 4.09. The lowest BCUT2D eigenvalue weighted by Gasteiger charge is -2.16. The summed E-state index contributed by atoms with van der Waals surface area (Å²) in [5.74, 6) is 2.89. The fraction of sp³-hybridized carbons (Fsp3) is 0.200. The first kappa shape index (κ1) is 21.2. The summed E-state index contributed by atoms with van der Waals surface area (Å²) in [6.45, 7) is 0. The Morgan fingerprint density at radius 2 is 1.44 bits per heavy atom. The molecule has 0 radical (unpaired) electrons. The van der Waals surface area contributed by atoms with Crippen molar-refractivity contribution in [3.8, 4) is 28.6 Å². The van der Waals surface area contributed by atoms with Crippen molar-refractivity contribution in [2.75, 3.05) is 45.6 Å². The molecule has 0 saturated carbocycles. The molecule has 1 aromatic heterocycles. The van der Waals surface area contributed by atoms with Crippen molar-refractivity contribution in [3.05, 3.63) is 60.7 Å². The molecule has 0 amide bonds. The number of para-hydroxylation sites is 1. The molecule has 0 aliphatic heterocycles. The molecule has 0 aliphatic carbocycles. The number of methoxy groups -OCH3 is 3. The fourth-order valence-corrected chi connectivity index (χ4v) is 3.49. The second kappa shape index (κ2) is 9.01. The van der Waals surface area contributed by atoms with Gasteiger partial charge in [0.15, 0.2) is 17.3 Å². The summed E-state index contributed by atoms with van der Waals surface area (Å²) in [7, 11) is 8.80. The number of rotatable bonds is 7. The van der Waals surface area contributed by atoms with E-state index in [0.29, 0.717) is 23.1 Å². The van der Waals surface area contributed by atoms with E-state index in [4.69, 9.17) is 24.2 Å². The Labute approximate surface area is 187 Å². The van der Waals surface area contributed by atoms with Crippen LogP contribution in [0.2, 0.25) is 0 Å². The number of hydrogen-bond acceptors (Lipinski definition) is 7. The van der Waals surface area contributed by atoms with Crippen LogP contribution in [-0.4, -0.2) is 45.4 Å². The molecule has 164 valence electrons. The van der Waals surface area contributed by atoms with Gasteiger partial charge in [-0.2, -0.15) is 0 Å². The van der Waals surface area contributed by atoms with E-state index in [-0.39, 0.29) is 0 Å². The molecule has 0 bridgehead atoms. The van der Waals surface area contributed by atoms with Gasteiger partial charge in [-0.15, -0.1) is 0 Å². The zero-order valence-corrected chi connectivity index (χ0v) is 18.8. The van der Waals surface area contributed by atoms with E-state index in [0.717, 1.165) is 33.7 Å². The Morgan fingerprint density at radius 1 is 0.781 bits per heavy atom. The van der Waals surface area contributed by atoms with E-state index in [2.05, 4.69) is 22.3 Å². The highest BCUT2D eigenvalue weighted by atomic mass is 16.5. The number of aromatic nitrogens is 2. The third-order valence-electron chi connectivity index (χ3n) is 5.17. The van der Waals surface area contributed by atoms with Crippen LogP contribution in [0.1, 0.15) is 0 Å². The average molecular weight is 431 g/mol. The van der Waals surface area contributed by atoms with Gasteiger partial charge in [-0.1, -0.05) is 12.1 Å². The minimum Gasteiger partial charge on any atom is -0.493 e. The van der Waals surface area contributed by atoms with Gasteiger partial charge < -0.3 is 24.4 Å². The second-order valence-corrected chi connectivity index (χ2v) is 7.39. The standard InChI is InChI=1S/C25H26N4O3/c1-29(2)18-12-10-17(11-13-18)26-25-19-8-6-7-9-20(19)27-24(28-25)16-14-21(30-3)23(32-5)22(15-16)31-4/h6-15H,1-5H3,(H,26,27,28). The van der Waals surface area contributed by atoms with Gasteiger partial charge >= 0.3 is 0 Å². The Hall–Kier alpha value is -4.00. The molecule has 0 fully saturated rings. The van der Waals surface area contributed by atoms with Gasteiger partial charge in [-0.05, 0) is 48.5 Å².